The Morgan fingerprint density at radius 1 is 0.824 bits per heavy atom. The summed E-state index contributed by atoms with van der Waals surface area (Å²) in [6.45, 7) is 13.2. The number of hydrogen-bond acceptors (Lipinski definition) is 16. The molecule has 3 atom stereocenters. The molecule has 1 aromatic carbocycles. The molecule has 22 heteroatoms. The van der Waals surface area contributed by atoms with E-state index < -0.39 is 84.4 Å². The van der Waals surface area contributed by atoms with E-state index in [2.05, 4.69) is 16.0 Å². The molecule has 68 heavy (non-hydrogen) atoms. The van der Waals surface area contributed by atoms with E-state index in [1.807, 2.05) is 20.8 Å². The standard InChI is InChI=1S/C46H68BN5O16/c1-10-14-17-18-31(34(13-4)52(29-53)68-45(61)51(9)44(60)66-46(5,6)7)40(56)48-28-49-42(58)36-22-21-35(65-36)30-19-20-32(37(25-30)64-27-39(55)67-47-8)41(57)50-33(43(59)63-24-16-12-3)26-38(54)62-23-15-11-2/h19-22,25,29,31,33-34,47H,10-18,23-24,26-28H2,1-9H3,(H,48,56)(H,49,58)(H,50,57)/t31-,33+,34-/m1/s1. The van der Waals surface area contributed by atoms with Crippen LogP contribution in [0.5, 0.6) is 5.75 Å². The number of ether oxygens (including phenoxy) is 4. The van der Waals surface area contributed by atoms with Crippen molar-refractivity contribution in [1.82, 2.24) is 25.9 Å². The molecule has 21 nitrogen and oxygen atoms in total. The van der Waals surface area contributed by atoms with E-state index in [1.165, 1.54) is 30.3 Å². The van der Waals surface area contributed by atoms with Crippen LogP contribution in [0.15, 0.2) is 34.7 Å². The molecule has 0 saturated heterocycles. The molecule has 0 saturated carbocycles. The predicted octanol–water partition coefficient (Wildman–Crippen LogP) is 5.60. The molecule has 0 fully saturated rings. The number of rotatable bonds is 29. The number of nitrogens with one attached hydrogen (secondary N) is 3. The zero-order chi connectivity index (χ0) is 50.8. The van der Waals surface area contributed by atoms with Gasteiger partial charge in [0.05, 0.1) is 43.8 Å². The monoisotopic (exact) mass is 957 g/mol. The lowest BCUT2D eigenvalue weighted by atomic mass is 9.90. The summed E-state index contributed by atoms with van der Waals surface area (Å²) in [7, 11) is 1.19. The molecule has 0 aliphatic rings. The van der Waals surface area contributed by atoms with Gasteiger partial charge in [-0.2, -0.15) is 5.06 Å². The molecule has 1 heterocycles. The van der Waals surface area contributed by atoms with Gasteiger partial charge in [-0.15, -0.1) is 0 Å². The summed E-state index contributed by atoms with van der Waals surface area (Å²) in [5.41, 5.74) is -0.723. The minimum absolute atomic E-state index is 0.0676. The van der Waals surface area contributed by atoms with Gasteiger partial charge in [0.25, 0.3) is 11.8 Å². The molecule has 376 valence electrons. The second kappa shape index (κ2) is 29.9. The first-order valence-corrected chi connectivity index (χ1v) is 23.0. The van der Waals surface area contributed by atoms with Crippen LogP contribution in [0.1, 0.15) is 134 Å². The number of nitrogens with zero attached hydrogens (tertiary/aromatic N) is 2. The summed E-state index contributed by atoms with van der Waals surface area (Å²) in [5.74, 6) is -5.44. The van der Waals surface area contributed by atoms with Crippen LogP contribution in [0.25, 0.3) is 11.3 Å². The van der Waals surface area contributed by atoms with Gasteiger partial charge in [-0.3, -0.25) is 28.8 Å². The second-order valence-electron chi connectivity index (χ2n) is 16.5. The van der Waals surface area contributed by atoms with Crippen LogP contribution in [-0.4, -0.2) is 123 Å². The molecule has 2 aromatic rings. The van der Waals surface area contributed by atoms with Crippen molar-refractivity contribution in [2.75, 3.05) is 33.5 Å². The molecule has 0 aliphatic carbocycles. The number of imide groups is 1. The van der Waals surface area contributed by atoms with Crippen molar-refractivity contribution in [3.05, 3.63) is 41.7 Å². The summed E-state index contributed by atoms with van der Waals surface area (Å²) >= 11 is 0. The van der Waals surface area contributed by atoms with Crippen molar-refractivity contribution in [2.24, 2.45) is 5.92 Å². The van der Waals surface area contributed by atoms with E-state index >= 15 is 0 Å². The van der Waals surface area contributed by atoms with Crippen molar-refractivity contribution in [2.45, 2.75) is 137 Å². The Morgan fingerprint density at radius 2 is 1.50 bits per heavy atom. The third kappa shape index (κ3) is 19.7. The summed E-state index contributed by atoms with van der Waals surface area (Å²) in [4.78, 5) is 122. The average Bonchev–Trinajstić information content (AvgIpc) is 3.80. The molecule has 6 amide bonds. The molecule has 3 N–H and O–H groups in total. The van der Waals surface area contributed by atoms with Gasteiger partial charge in [0, 0.05) is 12.6 Å². The van der Waals surface area contributed by atoms with Crippen LogP contribution in [-0.2, 0) is 47.7 Å². The summed E-state index contributed by atoms with van der Waals surface area (Å²) in [5, 5.41) is 8.43. The van der Waals surface area contributed by atoms with Crippen LogP contribution in [0.3, 0.4) is 0 Å². The molecule has 2 rings (SSSR count). The van der Waals surface area contributed by atoms with Crippen LogP contribution >= 0.6 is 0 Å². The fourth-order valence-electron chi connectivity index (χ4n) is 6.25. The molecule has 0 spiro atoms. The fourth-order valence-corrected chi connectivity index (χ4v) is 6.25. The van der Waals surface area contributed by atoms with Gasteiger partial charge >= 0.3 is 37.6 Å². The highest BCUT2D eigenvalue weighted by atomic mass is 16.7. The number of hydroxylamine groups is 2. The number of furan rings is 1. The van der Waals surface area contributed by atoms with Gasteiger partial charge in [0.1, 0.15) is 23.2 Å². The van der Waals surface area contributed by atoms with Crippen molar-refractivity contribution >= 4 is 61.7 Å². The number of amides is 6. The van der Waals surface area contributed by atoms with Gasteiger partial charge in [-0.05, 0) is 70.7 Å². The van der Waals surface area contributed by atoms with Crippen LogP contribution in [0, 0.1) is 5.92 Å². The number of carbonyl (C=O) groups excluding carboxylic acids is 9. The summed E-state index contributed by atoms with van der Waals surface area (Å²) < 4.78 is 32.2. The Bertz CT molecular complexity index is 2000. The first-order chi connectivity index (χ1) is 32.3. The molecule has 0 radical (unpaired) electrons. The van der Waals surface area contributed by atoms with Crippen molar-refractivity contribution in [3.8, 4) is 17.1 Å². The first kappa shape index (κ1) is 57.5. The highest BCUT2D eigenvalue weighted by molar-refractivity contribution is 6.28. The van der Waals surface area contributed by atoms with E-state index in [1.54, 1.807) is 34.5 Å². The van der Waals surface area contributed by atoms with Gasteiger partial charge in [-0.1, -0.05) is 72.7 Å². The lowest BCUT2D eigenvalue weighted by molar-refractivity contribution is -0.172. The van der Waals surface area contributed by atoms with Gasteiger partial charge in [-0.25, -0.2) is 19.3 Å². The lowest BCUT2D eigenvalue weighted by Crippen LogP contribution is -2.50. The number of hydrogen-bond donors (Lipinski definition) is 3. The Morgan fingerprint density at radius 3 is 2.12 bits per heavy atom. The van der Waals surface area contributed by atoms with E-state index in [0.29, 0.717) is 41.2 Å². The molecular weight excluding hydrogens is 889 g/mol. The number of unbranched alkanes of at least 4 members (excludes halogenated alkanes) is 4. The molecule has 0 unspecified atom stereocenters. The summed E-state index contributed by atoms with van der Waals surface area (Å²) in [6, 6.07) is 4.67. The van der Waals surface area contributed by atoms with Crippen molar-refractivity contribution in [1.29, 1.82) is 0 Å². The maximum atomic E-state index is 13.7. The Kier molecular flexibility index (Phi) is 25.3. The average molecular weight is 958 g/mol. The van der Waals surface area contributed by atoms with Crippen molar-refractivity contribution < 1.29 is 76.0 Å². The maximum absolute atomic E-state index is 13.7. The zero-order valence-corrected chi connectivity index (χ0v) is 40.7. The normalized spacial score (nSPS) is 12.2. The maximum Gasteiger partial charge on any atom is 0.443 e. The van der Waals surface area contributed by atoms with Crippen LogP contribution in [0.4, 0.5) is 9.59 Å². The Balaban J connectivity index is 2.29. The van der Waals surface area contributed by atoms with Gasteiger partial charge in [0.15, 0.2) is 12.4 Å². The highest BCUT2D eigenvalue weighted by Gasteiger charge is 2.35. The molecular formula is C46H68BN5O16. The predicted molar refractivity (Wildman–Crippen MR) is 247 cm³/mol. The zero-order valence-electron chi connectivity index (χ0n) is 40.7. The van der Waals surface area contributed by atoms with Crippen molar-refractivity contribution in [3.63, 3.8) is 0 Å². The third-order valence-electron chi connectivity index (χ3n) is 9.86. The lowest BCUT2D eigenvalue weighted by Gasteiger charge is -2.32. The van der Waals surface area contributed by atoms with E-state index in [0.717, 1.165) is 32.7 Å². The minimum Gasteiger partial charge on any atom is -0.538 e. The number of esters is 2. The van der Waals surface area contributed by atoms with Crippen LogP contribution < -0.4 is 20.7 Å². The largest absolute Gasteiger partial charge is 0.538 e. The molecule has 0 aliphatic heterocycles. The number of carbonyl (C=O) groups is 9. The molecule has 1 aromatic heterocycles. The van der Waals surface area contributed by atoms with Gasteiger partial charge in [0.2, 0.25) is 12.3 Å². The Hall–Kier alpha value is -6.61. The van der Waals surface area contributed by atoms with Gasteiger partial charge < -0.3 is 48.8 Å². The molecule has 0 bridgehead atoms. The minimum atomic E-state index is -1.41. The first-order valence-electron chi connectivity index (χ1n) is 23.0. The highest BCUT2D eigenvalue weighted by Crippen LogP contribution is 2.30. The van der Waals surface area contributed by atoms with E-state index in [-0.39, 0.29) is 63.0 Å². The van der Waals surface area contributed by atoms with E-state index in [4.69, 9.17) is 32.9 Å². The fraction of sp³-hybridized carbons (Fsp3) is 0.587. The second-order valence-corrected chi connectivity index (χ2v) is 16.5. The number of benzene rings is 1. The van der Waals surface area contributed by atoms with E-state index in [9.17, 15) is 43.2 Å². The topological polar surface area (TPSA) is 265 Å². The van der Waals surface area contributed by atoms with Crippen LogP contribution in [0.2, 0.25) is 6.82 Å². The Labute approximate surface area is 398 Å². The third-order valence-corrected chi connectivity index (χ3v) is 9.86. The summed E-state index contributed by atoms with van der Waals surface area (Å²) in [6.07, 6.45) is 2.91. The smallest absolute Gasteiger partial charge is 0.443 e. The quantitative estimate of drug-likeness (QED) is 0.0170. The SMILES string of the molecule is CBOC(=O)COc1cc(-c2ccc(C(=O)NCNC(=O)[C@H](CCCCC)[C@@H](CC)N(C=O)OC(=O)N(C)C(=O)OC(C)(C)C)o2)ccc1C(=O)N[C@@H](CC(=O)OCCCC)C(=O)OCCCC.